The molecule has 3 rings (SSSR count). The molecule has 0 saturated carbocycles. The first kappa shape index (κ1) is 24.2. The smallest absolute Gasteiger partial charge is 0.129 e. The van der Waals surface area contributed by atoms with Crippen LogP contribution in [-0.4, -0.2) is 34.9 Å². The summed E-state index contributed by atoms with van der Waals surface area (Å²) in [5.74, 6) is 3.24. The highest BCUT2D eigenvalue weighted by atomic mass is 15.0. The molecule has 156 valence electrons. The lowest BCUT2D eigenvalue weighted by atomic mass is 10.2. The third-order valence-electron chi connectivity index (χ3n) is 4.43. The van der Waals surface area contributed by atoms with Gasteiger partial charge in [-0.25, -0.2) is 24.9 Å². The first-order valence-electron chi connectivity index (χ1n) is 9.63. The molecule has 7 heteroatoms. The Morgan fingerprint density at radius 1 is 0.276 bits per heavy atom. The predicted octanol–water partition coefficient (Wildman–Crippen LogP) is 4.22. The fraction of sp³-hybridized carbons (Fsp3) is 0.500. The van der Waals surface area contributed by atoms with Crippen LogP contribution < -0.4 is 0 Å². The number of aryl methyl sites for hydroxylation is 10. The largest absolute Gasteiger partial charge is 0.255 e. The van der Waals surface area contributed by atoms with Crippen LogP contribution in [-0.2, 0) is 0 Å². The highest BCUT2D eigenvalue weighted by molar-refractivity contribution is 5.21. The van der Waals surface area contributed by atoms with E-state index in [1.165, 1.54) is 5.56 Å². The molecule has 0 N–H and O–H groups in total. The van der Waals surface area contributed by atoms with Gasteiger partial charge in [0.2, 0.25) is 0 Å². The second-order valence-electron chi connectivity index (χ2n) is 7.11. The van der Waals surface area contributed by atoms with Gasteiger partial charge < -0.3 is 0 Å². The molecule has 0 saturated heterocycles. The average Bonchev–Trinajstić information content (AvgIpc) is 2.58. The minimum atomic E-state index is 0.792. The van der Waals surface area contributed by atoms with Crippen molar-refractivity contribution in [3.63, 3.8) is 0 Å². The zero-order valence-electron chi connectivity index (χ0n) is 19.6. The van der Waals surface area contributed by atoms with Crippen LogP contribution in [0, 0.1) is 76.2 Å². The molecule has 3 aromatic rings. The molecule has 3 heterocycles. The Morgan fingerprint density at radius 2 is 0.517 bits per heavy atom. The molecule has 0 amide bonds. The van der Waals surface area contributed by atoms with Crippen LogP contribution in [0.5, 0.6) is 0 Å². The maximum absolute atomic E-state index is 4.31. The highest BCUT2D eigenvalue weighted by Gasteiger charge is 1.99. The molecule has 0 aliphatic heterocycles. The zero-order chi connectivity index (χ0) is 22.3. The van der Waals surface area contributed by atoms with Crippen LogP contribution in [0.25, 0.3) is 0 Å². The standard InChI is InChI=1S/2C8H12N2.C6H9N3/c1-5-6(2)10-8(4)7(3)9-5;1-5-6(2)9-8(4)10-7(5)3;1-4-7-5(2)9-6(3)8-4/h2*1-4H3;1-3H3. The van der Waals surface area contributed by atoms with Gasteiger partial charge in [0.25, 0.3) is 0 Å². The molecule has 0 aliphatic carbocycles. The van der Waals surface area contributed by atoms with Crippen molar-refractivity contribution >= 4 is 0 Å². The summed E-state index contributed by atoms with van der Waals surface area (Å²) in [7, 11) is 0. The van der Waals surface area contributed by atoms with Gasteiger partial charge in [0, 0.05) is 11.4 Å². The summed E-state index contributed by atoms with van der Waals surface area (Å²) >= 11 is 0. The average molecular weight is 396 g/mol. The van der Waals surface area contributed by atoms with E-state index in [9.17, 15) is 0 Å². The molecule has 0 radical (unpaired) electrons. The summed E-state index contributed by atoms with van der Waals surface area (Å²) < 4.78 is 0. The van der Waals surface area contributed by atoms with Crippen molar-refractivity contribution in [2.75, 3.05) is 0 Å². The van der Waals surface area contributed by atoms with E-state index in [0.717, 1.165) is 57.5 Å². The van der Waals surface area contributed by atoms with Crippen LogP contribution in [0.4, 0.5) is 0 Å². The van der Waals surface area contributed by atoms with Gasteiger partial charge in [-0.2, -0.15) is 0 Å². The van der Waals surface area contributed by atoms with Crippen LogP contribution in [0.2, 0.25) is 0 Å². The van der Waals surface area contributed by atoms with Crippen molar-refractivity contribution in [3.8, 4) is 0 Å². The third kappa shape index (κ3) is 7.97. The zero-order valence-corrected chi connectivity index (χ0v) is 19.6. The van der Waals surface area contributed by atoms with Gasteiger partial charge in [0.15, 0.2) is 0 Å². The maximum atomic E-state index is 4.31. The van der Waals surface area contributed by atoms with Gasteiger partial charge in [-0.15, -0.1) is 0 Å². The molecule has 29 heavy (non-hydrogen) atoms. The molecule has 0 bridgehead atoms. The molecule has 0 atom stereocenters. The van der Waals surface area contributed by atoms with E-state index in [0.29, 0.717) is 0 Å². The van der Waals surface area contributed by atoms with Crippen LogP contribution in [0.15, 0.2) is 0 Å². The van der Waals surface area contributed by atoms with E-state index in [1.807, 2.05) is 76.2 Å². The van der Waals surface area contributed by atoms with Gasteiger partial charge in [-0.1, -0.05) is 0 Å². The van der Waals surface area contributed by atoms with Crippen LogP contribution in [0.1, 0.15) is 63.0 Å². The van der Waals surface area contributed by atoms with E-state index in [2.05, 4.69) is 34.9 Å². The summed E-state index contributed by atoms with van der Waals surface area (Å²) in [5, 5.41) is 0. The minimum absolute atomic E-state index is 0.792. The van der Waals surface area contributed by atoms with Crippen LogP contribution >= 0.6 is 0 Å². The van der Waals surface area contributed by atoms with Crippen molar-refractivity contribution in [3.05, 3.63) is 63.0 Å². The predicted molar refractivity (Wildman–Crippen MR) is 116 cm³/mol. The number of hydrogen-bond acceptors (Lipinski definition) is 7. The van der Waals surface area contributed by atoms with E-state index in [4.69, 9.17) is 0 Å². The number of hydrogen-bond donors (Lipinski definition) is 0. The third-order valence-corrected chi connectivity index (χ3v) is 4.43. The Hall–Kier alpha value is -2.83. The molecule has 3 aromatic heterocycles. The lowest BCUT2D eigenvalue weighted by molar-refractivity contribution is 0.875. The second kappa shape index (κ2) is 10.6. The first-order chi connectivity index (χ1) is 13.4. The van der Waals surface area contributed by atoms with E-state index in [1.54, 1.807) is 0 Å². The molecular formula is C22H33N7. The molecule has 0 spiro atoms. The topological polar surface area (TPSA) is 90.2 Å². The molecule has 0 aromatic carbocycles. The Balaban J connectivity index is 0.000000218. The van der Waals surface area contributed by atoms with Gasteiger partial charge in [-0.05, 0) is 81.7 Å². The quantitative estimate of drug-likeness (QED) is 0.563. The fourth-order valence-corrected chi connectivity index (χ4v) is 2.54. The van der Waals surface area contributed by atoms with Gasteiger partial charge in [0.05, 0.1) is 22.8 Å². The Labute approximate surface area is 174 Å². The molecule has 0 fully saturated rings. The Morgan fingerprint density at radius 3 is 0.793 bits per heavy atom. The lowest BCUT2D eigenvalue weighted by Gasteiger charge is -2.02. The minimum Gasteiger partial charge on any atom is -0.255 e. The summed E-state index contributed by atoms with van der Waals surface area (Å²) in [5.41, 5.74) is 7.50. The van der Waals surface area contributed by atoms with Gasteiger partial charge in [0.1, 0.15) is 23.3 Å². The SMILES string of the molecule is Cc1nc(C)c(C)c(C)n1.Cc1nc(C)c(C)nc1C.Cc1nc(C)nc(C)n1. The second-order valence-corrected chi connectivity index (χ2v) is 7.11. The van der Waals surface area contributed by atoms with Gasteiger partial charge >= 0.3 is 0 Å². The maximum Gasteiger partial charge on any atom is 0.129 e. The van der Waals surface area contributed by atoms with E-state index in [-0.39, 0.29) is 0 Å². The Kier molecular flexibility index (Phi) is 8.88. The fourth-order valence-electron chi connectivity index (χ4n) is 2.54. The number of nitrogens with zero attached hydrogens (tertiary/aromatic N) is 7. The molecule has 0 aliphatic rings. The normalized spacial score (nSPS) is 9.90. The Bertz CT molecular complexity index is 857. The monoisotopic (exact) mass is 395 g/mol. The first-order valence-corrected chi connectivity index (χ1v) is 9.63. The summed E-state index contributed by atoms with van der Waals surface area (Å²) in [6.45, 7) is 21.5. The van der Waals surface area contributed by atoms with E-state index >= 15 is 0 Å². The summed E-state index contributed by atoms with van der Waals surface area (Å²) in [4.78, 5) is 29.1. The van der Waals surface area contributed by atoms with E-state index < -0.39 is 0 Å². The van der Waals surface area contributed by atoms with Crippen molar-refractivity contribution < 1.29 is 0 Å². The highest BCUT2D eigenvalue weighted by Crippen LogP contribution is 2.06. The molecular weight excluding hydrogens is 362 g/mol. The molecule has 0 unspecified atom stereocenters. The van der Waals surface area contributed by atoms with Gasteiger partial charge in [-0.3, -0.25) is 9.97 Å². The van der Waals surface area contributed by atoms with Crippen molar-refractivity contribution in [1.29, 1.82) is 0 Å². The van der Waals surface area contributed by atoms with Crippen molar-refractivity contribution in [2.45, 2.75) is 76.2 Å². The van der Waals surface area contributed by atoms with Crippen LogP contribution in [0.3, 0.4) is 0 Å². The molecule has 7 nitrogen and oxygen atoms in total. The van der Waals surface area contributed by atoms with Crippen molar-refractivity contribution in [1.82, 2.24) is 34.9 Å². The summed E-state index contributed by atoms with van der Waals surface area (Å²) in [6.07, 6.45) is 0. The van der Waals surface area contributed by atoms with Crippen molar-refractivity contribution in [2.24, 2.45) is 0 Å². The lowest BCUT2D eigenvalue weighted by Crippen LogP contribution is -1.97. The number of aromatic nitrogens is 7. The number of rotatable bonds is 0. The summed E-state index contributed by atoms with van der Waals surface area (Å²) in [6, 6.07) is 0.